The molecule has 0 spiro atoms. The van der Waals surface area contributed by atoms with E-state index in [1.54, 1.807) is 13.2 Å². The number of phenols is 1. The second kappa shape index (κ2) is 9.73. The first-order valence-electron chi connectivity index (χ1n) is 8.61. The summed E-state index contributed by atoms with van der Waals surface area (Å²) < 4.78 is 5.09. The lowest BCUT2D eigenvalue weighted by Crippen LogP contribution is -2.18. The predicted molar refractivity (Wildman–Crippen MR) is 93.5 cm³/mol. The smallest absolute Gasteiger partial charge is 0.123 e. The fourth-order valence-corrected chi connectivity index (χ4v) is 2.93. The number of unbranched alkanes of at least 4 members (excludes halogenated alkanes) is 1. The van der Waals surface area contributed by atoms with Gasteiger partial charge in [-0.15, -0.1) is 0 Å². The third-order valence-corrected chi connectivity index (χ3v) is 4.70. The quantitative estimate of drug-likeness (QED) is 0.573. The molecule has 0 aliphatic rings. The van der Waals surface area contributed by atoms with Crippen LogP contribution in [0.25, 0.3) is 0 Å². The van der Waals surface area contributed by atoms with E-state index in [1.165, 1.54) is 38.5 Å². The van der Waals surface area contributed by atoms with Crippen LogP contribution >= 0.6 is 0 Å². The molecule has 126 valence electrons. The molecule has 0 aliphatic carbocycles. The number of benzene rings is 1. The van der Waals surface area contributed by atoms with E-state index in [1.807, 2.05) is 12.1 Å². The zero-order chi connectivity index (χ0) is 16.4. The molecule has 0 saturated heterocycles. The zero-order valence-electron chi connectivity index (χ0n) is 14.7. The van der Waals surface area contributed by atoms with E-state index in [2.05, 4.69) is 26.1 Å². The molecule has 0 bridgehead atoms. The number of hydrogen-bond donors (Lipinski definition) is 2. The van der Waals surface area contributed by atoms with E-state index in [9.17, 15) is 5.11 Å². The second-order valence-corrected chi connectivity index (χ2v) is 6.54. The van der Waals surface area contributed by atoms with Crippen LogP contribution < -0.4 is 10.1 Å². The van der Waals surface area contributed by atoms with Crippen LogP contribution in [0.1, 0.15) is 64.9 Å². The van der Waals surface area contributed by atoms with Crippen LogP contribution in [0.5, 0.6) is 11.5 Å². The minimum atomic E-state index is 0.299. The average Bonchev–Trinajstić information content (AvgIpc) is 2.52. The monoisotopic (exact) mass is 307 g/mol. The highest BCUT2D eigenvalue weighted by Gasteiger charge is 2.19. The van der Waals surface area contributed by atoms with Crippen LogP contribution in [0.2, 0.25) is 0 Å². The summed E-state index contributed by atoms with van der Waals surface area (Å²) in [7, 11) is 1.61. The van der Waals surface area contributed by atoms with Crippen molar-refractivity contribution in [2.45, 2.75) is 65.8 Å². The average molecular weight is 307 g/mol. The molecule has 0 amide bonds. The maximum absolute atomic E-state index is 9.90. The van der Waals surface area contributed by atoms with E-state index in [0.29, 0.717) is 23.5 Å². The highest BCUT2D eigenvalue weighted by molar-refractivity contribution is 5.39. The van der Waals surface area contributed by atoms with Crippen LogP contribution in [-0.4, -0.2) is 18.8 Å². The summed E-state index contributed by atoms with van der Waals surface area (Å²) in [6, 6.07) is 5.46. The standard InChI is InChI=1S/C19H33NO2/c1-5-11-19(3,6-2)12-7-8-13-20-15-16-9-10-17(22-4)14-18(16)21/h9-10,14,20-21H,5-8,11-13,15H2,1-4H3. The Kier molecular flexibility index (Phi) is 8.32. The fourth-order valence-electron chi connectivity index (χ4n) is 2.93. The molecule has 1 unspecified atom stereocenters. The van der Waals surface area contributed by atoms with Crippen molar-refractivity contribution >= 4 is 0 Å². The Morgan fingerprint density at radius 1 is 1.18 bits per heavy atom. The van der Waals surface area contributed by atoms with Gasteiger partial charge in [-0.05, 0) is 37.3 Å². The Hall–Kier alpha value is -1.22. The molecule has 1 rings (SSSR count). The number of phenolic OH excluding ortho intramolecular Hbond substituents is 1. The van der Waals surface area contributed by atoms with Gasteiger partial charge >= 0.3 is 0 Å². The second-order valence-electron chi connectivity index (χ2n) is 6.54. The normalized spacial score (nSPS) is 13.8. The first-order chi connectivity index (χ1) is 10.5. The van der Waals surface area contributed by atoms with Gasteiger partial charge in [0.1, 0.15) is 11.5 Å². The third-order valence-electron chi connectivity index (χ3n) is 4.70. The fraction of sp³-hybridized carbons (Fsp3) is 0.684. The summed E-state index contributed by atoms with van der Waals surface area (Å²) in [5.74, 6) is 0.990. The van der Waals surface area contributed by atoms with Gasteiger partial charge in [-0.2, -0.15) is 0 Å². The van der Waals surface area contributed by atoms with Gasteiger partial charge in [0.2, 0.25) is 0 Å². The summed E-state index contributed by atoms with van der Waals surface area (Å²) in [5.41, 5.74) is 1.44. The third kappa shape index (κ3) is 6.27. The number of hydrogen-bond acceptors (Lipinski definition) is 3. The summed E-state index contributed by atoms with van der Waals surface area (Å²) in [6.45, 7) is 8.70. The van der Waals surface area contributed by atoms with Gasteiger partial charge in [0.25, 0.3) is 0 Å². The van der Waals surface area contributed by atoms with Crippen LogP contribution in [0, 0.1) is 5.41 Å². The molecule has 3 nitrogen and oxygen atoms in total. The molecular weight excluding hydrogens is 274 g/mol. The van der Waals surface area contributed by atoms with Crippen LogP contribution in [0.4, 0.5) is 0 Å². The van der Waals surface area contributed by atoms with Gasteiger partial charge in [-0.25, -0.2) is 0 Å². The van der Waals surface area contributed by atoms with Gasteiger partial charge in [-0.3, -0.25) is 0 Å². The molecule has 22 heavy (non-hydrogen) atoms. The topological polar surface area (TPSA) is 41.5 Å². The largest absolute Gasteiger partial charge is 0.507 e. The maximum atomic E-state index is 9.90. The number of nitrogens with one attached hydrogen (secondary N) is 1. The Morgan fingerprint density at radius 2 is 1.95 bits per heavy atom. The van der Waals surface area contributed by atoms with Crippen molar-refractivity contribution in [3.63, 3.8) is 0 Å². The SMILES string of the molecule is CCCC(C)(CC)CCCCNCc1ccc(OC)cc1O. The molecule has 0 radical (unpaired) electrons. The van der Waals surface area contributed by atoms with Gasteiger partial charge < -0.3 is 15.2 Å². The van der Waals surface area contributed by atoms with Crippen LogP contribution in [0.3, 0.4) is 0 Å². The van der Waals surface area contributed by atoms with Crippen LogP contribution in [-0.2, 0) is 6.54 Å². The Bertz CT molecular complexity index is 433. The molecule has 0 aliphatic heterocycles. The summed E-state index contributed by atoms with van der Waals surface area (Å²) >= 11 is 0. The van der Waals surface area contributed by atoms with Gasteiger partial charge in [0, 0.05) is 18.2 Å². The highest BCUT2D eigenvalue weighted by Crippen LogP contribution is 2.33. The van der Waals surface area contributed by atoms with Crippen molar-refractivity contribution in [2.24, 2.45) is 5.41 Å². The Labute approximate surface area is 136 Å². The summed E-state index contributed by atoms with van der Waals surface area (Å²) in [4.78, 5) is 0. The molecular formula is C19H33NO2. The van der Waals surface area contributed by atoms with Gasteiger partial charge in [0.15, 0.2) is 0 Å². The number of aromatic hydroxyl groups is 1. The minimum Gasteiger partial charge on any atom is -0.507 e. The summed E-state index contributed by atoms with van der Waals surface area (Å²) in [5, 5.41) is 13.3. The van der Waals surface area contributed by atoms with Crippen molar-refractivity contribution < 1.29 is 9.84 Å². The van der Waals surface area contributed by atoms with Crippen molar-refractivity contribution in [1.29, 1.82) is 0 Å². The van der Waals surface area contributed by atoms with Crippen molar-refractivity contribution in [1.82, 2.24) is 5.32 Å². The number of ether oxygens (including phenoxy) is 1. The van der Waals surface area contributed by atoms with E-state index in [-0.39, 0.29) is 0 Å². The van der Waals surface area contributed by atoms with E-state index < -0.39 is 0 Å². The predicted octanol–water partition coefficient (Wildman–Crippen LogP) is 4.88. The number of methoxy groups -OCH3 is 1. The minimum absolute atomic E-state index is 0.299. The maximum Gasteiger partial charge on any atom is 0.123 e. The molecule has 3 heteroatoms. The molecule has 1 atom stereocenters. The Morgan fingerprint density at radius 3 is 2.55 bits per heavy atom. The lowest BCUT2D eigenvalue weighted by Gasteiger charge is -2.27. The number of rotatable bonds is 11. The molecule has 1 aromatic rings. The molecule has 0 aromatic heterocycles. The lowest BCUT2D eigenvalue weighted by atomic mass is 9.78. The molecule has 2 N–H and O–H groups in total. The van der Waals surface area contributed by atoms with Gasteiger partial charge in [0.05, 0.1) is 7.11 Å². The van der Waals surface area contributed by atoms with E-state index in [4.69, 9.17) is 4.74 Å². The molecule has 0 heterocycles. The molecule has 0 fully saturated rings. The first-order valence-corrected chi connectivity index (χ1v) is 8.61. The first kappa shape index (κ1) is 18.8. The van der Waals surface area contributed by atoms with Gasteiger partial charge in [-0.1, -0.05) is 46.1 Å². The van der Waals surface area contributed by atoms with Crippen molar-refractivity contribution in [3.8, 4) is 11.5 Å². The Balaban J connectivity index is 2.23. The zero-order valence-corrected chi connectivity index (χ0v) is 14.7. The molecule has 0 saturated carbocycles. The summed E-state index contributed by atoms with van der Waals surface area (Å²) in [6.07, 6.45) is 7.65. The van der Waals surface area contributed by atoms with Crippen LogP contribution in [0.15, 0.2) is 18.2 Å². The van der Waals surface area contributed by atoms with E-state index in [0.717, 1.165) is 12.1 Å². The highest BCUT2D eigenvalue weighted by atomic mass is 16.5. The molecule has 1 aromatic carbocycles. The van der Waals surface area contributed by atoms with Crippen molar-refractivity contribution in [2.75, 3.05) is 13.7 Å². The lowest BCUT2D eigenvalue weighted by molar-refractivity contribution is 0.249. The van der Waals surface area contributed by atoms with E-state index >= 15 is 0 Å². The van der Waals surface area contributed by atoms with Crippen molar-refractivity contribution in [3.05, 3.63) is 23.8 Å².